The van der Waals surface area contributed by atoms with Gasteiger partial charge in [-0.05, 0) is 6.07 Å². The van der Waals surface area contributed by atoms with Gasteiger partial charge in [-0.1, -0.05) is 0 Å². The first-order valence-corrected chi connectivity index (χ1v) is 5.49. The summed E-state index contributed by atoms with van der Waals surface area (Å²) in [7, 11) is 0. The first-order chi connectivity index (χ1) is 10.1. The molecule has 0 radical (unpaired) electrons. The molecular formula is C12H7N5O4. The zero-order valence-corrected chi connectivity index (χ0v) is 10.4. The second kappa shape index (κ2) is 5.59. The number of ether oxygens (including phenoxy) is 2. The van der Waals surface area contributed by atoms with Crippen LogP contribution in [0.3, 0.4) is 0 Å². The Bertz CT molecular complexity index is 754. The number of aliphatic imine (C=N–C) groups is 1. The third-order valence-corrected chi connectivity index (χ3v) is 2.53. The molecule has 0 aromatic heterocycles. The first kappa shape index (κ1) is 13.8. The molecule has 1 aliphatic heterocycles. The van der Waals surface area contributed by atoms with Gasteiger partial charge in [-0.2, -0.15) is 10.5 Å². The fourth-order valence-electron chi connectivity index (χ4n) is 1.55. The molecule has 9 nitrogen and oxygen atoms in total. The highest BCUT2D eigenvalue weighted by Crippen LogP contribution is 2.37. The Balaban J connectivity index is 2.48. The normalized spacial score (nSPS) is 13.4. The minimum Gasteiger partial charge on any atom is -0.454 e. The zero-order chi connectivity index (χ0) is 15.4. The predicted molar refractivity (Wildman–Crippen MR) is 69.3 cm³/mol. The molecule has 104 valence electrons. The molecule has 1 aliphatic rings. The van der Waals surface area contributed by atoms with Crippen molar-refractivity contribution >= 4 is 11.9 Å². The van der Waals surface area contributed by atoms with Gasteiger partial charge in [0.15, 0.2) is 17.2 Å². The fourth-order valence-corrected chi connectivity index (χ4v) is 1.55. The number of nitrogens with zero attached hydrogens (tertiary/aromatic N) is 4. The molecular weight excluding hydrogens is 278 g/mol. The average molecular weight is 285 g/mol. The molecule has 0 saturated carbocycles. The third kappa shape index (κ3) is 2.72. The molecule has 2 rings (SSSR count). The van der Waals surface area contributed by atoms with Crippen molar-refractivity contribution in [3.8, 4) is 23.6 Å². The van der Waals surface area contributed by atoms with Gasteiger partial charge in [-0.25, -0.2) is 4.99 Å². The van der Waals surface area contributed by atoms with E-state index in [2.05, 4.69) is 4.99 Å². The molecule has 0 aliphatic carbocycles. The van der Waals surface area contributed by atoms with Gasteiger partial charge in [-0.3, -0.25) is 10.1 Å². The summed E-state index contributed by atoms with van der Waals surface area (Å²) in [6, 6.07) is 5.77. The standard InChI is InChI=1S/C12H7N5O4/c13-3-8(15)9(4-14)16-5-7-1-11-12(21-6-20-11)2-10(7)17(18)19/h1-2,5H,6,15H2/b9-8-,16-5?. The maximum Gasteiger partial charge on any atom is 0.282 e. The van der Waals surface area contributed by atoms with E-state index in [1.54, 1.807) is 12.1 Å². The van der Waals surface area contributed by atoms with Gasteiger partial charge >= 0.3 is 0 Å². The van der Waals surface area contributed by atoms with Crippen LogP contribution in [0.4, 0.5) is 5.69 Å². The highest BCUT2D eigenvalue weighted by atomic mass is 16.7. The lowest BCUT2D eigenvalue weighted by atomic mass is 10.1. The molecule has 0 unspecified atom stereocenters. The molecule has 1 aromatic rings. The lowest BCUT2D eigenvalue weighted by Gasteiger charge is -2.00. The van der Waals surface area contributed by atoms with Crippen molar-refractivity contribution in [2.75, 3.05) is 6.79 Å². The summed E-state index contributed by atoms with van der Waals surface area (Å²) in [5.41, 5.74) is 4.41. The second-order valence-electron chi connectivity index (χ2n) is 3.77. The summed E-state index contributed by atoms with van der Waals surface area (Å²) >= 11 is 0. The van der Waals surface area contributed by atoms with Crippen molar-refractivity contribution in [2.24, 2.45) is 10.7 Å². The van der Waals surface area contributed by atoms with E-state index in [1.165, 1.54) is 12.1 Å². The minimum atomic E-state index is -0.618. The SMILES string of the molecule is N#C/C(N)=C(\C#N)N=Cc1cc2c(cc1[N+](=O)[O-])OCO2. The maximum absolute atomic E-state index is 11.0. The number of nitriles is 2. The molecule has 21 heavy (non-hydrogen) atoms. The number of nitro benzene ring substituents is 1. The Morgan fingerprint density at radius 3 is 2.62 bits per heavy atom. The van der Waals surface area contributed by atoms with Crippen molar-refractivity contribution < 1.29 is 14.4 Å². The van der Waals surface area contributed by atoms with Gasteiger partial charge in [0.25, 0.3) is 5.69 Å². The summed E-state index contributed by atoms with van der Waals surface area (Å²) in [6.07, 6.45) is 1.07. The Labute approximate surface area is 118 Å². The van der Waals surface area contributed by atoms with E-state index >= 15 is 0 Å². The number of nitrogens with two attached hydrogens (primary N) is 1. The molecule has 9 heteroatoms. The number of fused-ring (bicyclic) bond motifs is 1. The van der Waals surface area contributed by atoms with E-state index in [0.29, 0.717) is 5.75 Å². The summed E-state index contributed by atoms with van der Waals surface area (Å²) in [5, 5.41) is 28.4. The maximum atomic E-state index is 11.0. The van der Waals surface area contributed by atoms with Crippen LogP contribution < -0.4 is 15.2 Å². The highest BCUT2D eigenvalue weighted by molar-refractivity contribution is 5.88. The highest BCUT2D eigenvalue weighted by Gasteiger charge is 2.22. The van der Waals surface area contributed by atoms with Crippen molar-refractivity contribution in [3.63, 3.8) is 0 Å². The van der Waals surface area contributed by atoms with Gasteiger partial charge in [-0.15, -0.1) is 0 Å². The molecule has 2 N–H and O–H groups in total. The van der Waals surface area contributed by atoms with Gasteiger partial charge in [0.2, 0.25) is 6.79 Å². The molecule has 0 amide bonds. The Kier molecular flexibility index (Phi) is 3.68. The fraction of sp³-hybridized carbons (Fsp3) is 0.0833. The smallest absolute Gasteiger partial charge is 0.282 e. The Morgan fingerprint density at radius 2 is 2.05 bits per heavy atom. The van der Waals surface area contributed by atoms with Crippen LogP contribution in [0.2, 0.25) is 0 Å². The van der Waals surface area contributed by atoms with Crippen LogP contribution in [0.25, 0.3) is 0 Å². The summed E-state index contributed by atoms with van der Waals surface area (Å²) in [4.78, 5) is 14.1. The molecule has 0 bridgehead atoms. The van der Waals surface area contributed by atoms with Crippen molar-refractivity contribution in [3.05, 3.63) is 39.2 Å². The predicted octanol–water partition coefficient (Wildman–Crippen LogP) is 0.960. The third-order valence-electron chi connectivity index (χ3n) is 2.53. The monoisotopic (exact) mass is 285 g/mol. The number of benzene rings is 1. The van der Waals surface area contributed by atoms with Gasteiger partial charge in [0, 0.05) is 6.21 Å². The van der Waals surface area contributed by atoms with Gasteiger partial charge < -0.3 is 15.2 Å². The average Bonchev–Trinajstić information content (AvgIpc) is 2.93. The Hall–Kier alpha value is -3.59. The quantitative estimate of drug-likeness (QED) is 0.376. The lowest BCUT2D eigenvalue weighted by molar-refractivity contribution is -0.385. The van der Waals surface area contributed by atoms with Crippen LogP contribution >= 0.6 is 0 Å². The Morgan fingerprint density at radius 1 is 1.38 bits per heavy atom. The molecule has 0 atom stereocenters. The van der Waals surface area contributed by atoms with Gasteiger partial charge in [0.1, 0.15) is 17.8 Å². The van der Waals surface area contributed by atoms with E-state index < -0.39 is 4.92 Å². The molecule has 0 fully saturated rings. The molecule has 1 heterocycles. The van der Waals surface area contributed by atoms with Crippen molar-refractivity contribution in [1.82, 2.24) is 0 Å². The summed E-state index contributed by atoms with van der Waals surface area (Å²) in [6.45, 7) is -0.0299. The van der Waals surface area contributed by atoms with E-state index in [4.69, 9.17) is 25.7 Å². The van der Waals surface area contributed by atoms with Crippen molar-refractivity contribution in [1.29, 1.82) is 10.5 Å². The van der Waals surface area contributed by atoms with Crippen LogP contribution in [-0.2, 0) is 0 Å². The van der Waals surface area contributed by atoms with Crippen LogP contribution in [0.1, 0.15) is 5.56 Å². The largest absolute Gasteiger partial charge is 0.454 e. The van der Waals surface area contributed by atoms with E-state index in [9.17, 15) is 10.1 Å². The lowest BCUT2D eigenvalue weighted by Crippen LogP contribution is -1.99. The molecule has 0 saturated heterocycles. The molecule has 0 spiro atoms. The zero-order valence-electron chi connectivity index (χ0n) is 10.4. The van der Waals surface area contributed by atoms with Crippen LogP contribution in [0.5, 0.6) is 11.5 Å². The number of hydrogen-bond acceptors (Lipinski definition) is 8. The topological polar surface area (TPSA) is 148 Å². The van der Waals surface area contributed by atoms with E-state index in [1.807, 2.05) is 0 Å². The van der Waals surface area contributed by atoms with Crippen LogP contribution in [-0.4, -0.2) is 17.9 Å². The van der Waals surface area contributed by atoms with Crippen LogP contribution in [0, 0.1) is 32.8 Å². The van der Waals surface area contributed by atoms with E-state index in [0.717, 1.165) is 6.21 Å². The summed E-state index contributed by atoms with van der Waals surface area (Å²) < 4.78 is 10.2. The van der Waals surface area contributed by atoms with Crippen molar-refractivity contribution in [2.45, 2.75) is 0 Å². The van der Waals surface area contributed by atoms with Gasteiger partial charge in [0.05, 0.1) is 16.6 Å². The number of hydrogen-bond donors (Lipinski definition) is 1. The number of nitro groups is 1. The van der Waals surface area contributed by atoms with E-state index in [-0.39, 0.29) is 35.2 Å². The number of allylic oxidation sites excluding steroid dienone is 2. The minimum absolute atomic E-state index is 0.0299. The summed E-state index contributed by atoms with van der Waals surface area (Å²) in [5.74, 6) is 0.587. The second-order valence-corrected chi connectivity index (χ2v) is 3.77. The molecule has 1 aromatic carbocycles. The van der Waals surface area contributed by atoms with Crippen LogP contribution in [0.15, 0.2) is 28.5 Å². The first-order valence-electron chi connectivity index (χ1n) is 5.49. The number of rotatable bonds is 3.